The Bertz CT molecular complexity index is 667. The van der Waals surface area contributed by atoms with E-state index >= 15 is 0 Å². The summed E-state index contributed by atoms with van der Waals surface area (Å²) in [5.41, 5.74) is 0.897. The van der Waals surface area contributed by atoms with Crippen molar-refractivity contribution in [3.63, 3.8) is 0 Å². The average Bonchev–Trinajstić information content (AvgIpc) is 3.25. The van der Waals surface area contributed by atoms with Crippen LogP contribution in [0.3, 0.4) is 0 Å². The van der Waals surface area contributed by atoms with Gasteiger partial charge in [-0.15, -0.1) is 10.2 Å². The zero-order chi connectivity index (χ0) is 14.8. The molecule has 2 aromatic rings. The van der Waals surface area contributed by atoms with Crippen LogP contribution in [0.5, 0.6) is 5.75 Å². The minimum Gasteiger partial charge on any atom is -0.497 e. The molecule has 1 aliphatic carbocycles. The van der Waals surface area contributed by atoms with E-state index < -0.39 is 5.97 Å². The molecule has 1 aromatic heterocycles. The van der Waals surface area contributed by atoms with Crippen LogP contribution in [0.4, 0.5) is 0 Å². The largest absolute Gasteiger partial charge is 0.497 e. The van der Waals surface area contributed by atoms with Gasteiger partial charge in [0.2, 0.25) is 0 Å². The van der Waals surface area contributed by atoms with E-state index in [9.17, 15) is 4.79 Å². The zero-order valence-corrected chi connectivity index (χ0v) is 12.3. The molecule has 1 fully saturated rings. The summed E-state index contributed by atoms with van der Waals surface area (Å²) in [5.74, 6) is 1.16. The van der Waals surface area contributed by atoms with Gasteiger partial charge in [-0.3, -0.25) is 9.36 Å². The lowest BCUT2D eigenvalue weighted by Crippen LogP contribution is -2.04. The van der Waals surface area contributed by atoms with Crippen LogP contribution in [0.25, 0.3) is 5.69 Å². The summed E-state index contributed by atoms with van der Waals surface area (Å²) in [5, 5.41) is 17.9. The van der Waals surface area contributed by atoms with E-state index in [1.165, 1.54) is 11.8 Å². The van der Waals surface area contributed by atoms with Gasteiger partial charge in [-0.05, 0) is 25.0 Å². The minimum atomic E-state index is -0.867. The van der Waals surface area contributed by atoms with Crippen molar-refractivity contribution in [2.45, 2.75) is 23.9 Å². The molecule has 21 heavy (non-hydrogen) atoms. The van der Waals surface area contributed by atoms with Gasteiger partial charge in [-0.25, -0.2) is 0 Å². The van der Waals surface area contributed by atoms with Gasteiger partial charge < -0.3 is 9.84 Å². The fourth-order valence-electron chi connectivity index (χ4n) is 2.10. The van der Waals surface area contributed by atoms with Crippen LogP contribution >= 0.6 is 11.8 Å². The molecule has 3 rings (SSSR count). The van der Waals surface area contributed by atoms with Crippen LogP contribution in [0, 0.1) is 0 Å². The van der Waals surface area contributed by atoms with Crippen LogP contribution in [0.2, 0.25) is 0 Å². The van der Waals surface area contributed by atoms with E-state index in [4.69, 9.17) is 9.84 Å². The molecule has 7 heteroatoms. The Balaban J connectivity index is 2.00. The van der Waals surface area contributed by atoms with Crippen LogP contribution in [-0.4, -0.2) is 38.7 Å². The maximum Gasteiger partial charge on any atom is 0.313 e. The molecule has 0 unspecified atom stereocenters. The quantitative estimate of drug-likeness (QED) is 0.825. The number of ether oxygens (including phenoxy) is 1. The summed E-state index contributed by atoms with van der Waals surface area (Å²) in [4.78, 5) is 10.8. The highest BCUT2D eigenvalue weighted by molar-refractivity contribution is 7.99. The van der Waals surface area contributed by atoms with Crippen LogP contribution in [0.15, 0.2) is 29.4 Å². The van der Waals surface area contributed by atoms with Gasteiger partial charge in [0, 0.05) is 12.0 Å². The second-order valence-corrected chi connectivity index (χ2v) is 5.78. The number of aliphatic carboxylic acids is 1. The number of aromatic nitrogens is 3. The number of hydrogen-bond acceptors (Lipinski definition) is 5. The molecule has 6 nitrogen and oxygen atoms in total. The molecule has 1 heterocycles. The van der Waals surface area contributed by atoms with Crippen LogP contribution in [0.1, 0.15) is 24.6 Å². The van der Waals surface area contributed by atoms with Crippen molar-refractivity contribution in [3.05, 3.63) is 30.1 Å². The molecule has 0 amide bonds. The summed E-state index contributed by atoms with van der Waals surface area (Å²) in [6.45, 7) is 0. The number of carbonyl (C=O) groups is 1. The van der Waals surface area contributed by atoms with E-state index in [0.717, 1.165) is 30.1 Å². The normalized spacial score (nSPS) is 14.1. The van der Waals surface area contributed by atoms with Gasteiger partial charge in [-0.2, -0.15) is 0 Å². The predicted octanol–water partition coefficient (Wildman–Crippen LogP) is 2.33. The Kier molecular flexibility index (Phi) is 3.83. The van der Waals surface area contributed by atoms with Crippen molar-refractivity contribution in [1.29, 1.82) is 0 Å². The second-order valence-electron chi connectivity index (χ2n) is 4.83. The summed E-state index contributed by atoms with van der Waals surface area (Å²) >= 11 is 1.18. The Morgan fingerprint density at radius 3 is 2.95 bits per heavy atom. The van der Waals surface area contributed by atoms with E-state index in [-0.39, 0.29) is 5.75 Å². The van der Waals surface area contributed by atoms with E-state index in [0.29, 0.717) is 11.1 Å². The topological polar surface area (TPSA) is 77.2 Å². The van der Waals surface area contributed by atoms with Crippen molar-refractivity contribution in [2.24, 2.45) is 0 Å². The molecule has 1 saturated carbocycles. The van der Waals surface area contributed by atoms with Crippen molar-refractivity contribution in [3.8, 4) is 11.4 Å². The third-order valence-corrected chi connectivity index (χ3v) is 4.15. The van der Waals surface area contributed by atoms with E-state index in [1.807, 2.05) is 28.8 Å². The fourth-order valence-corrected chi connectivity index (χ4v) is 2.78. The smallest absolute Gasteiger partial charge is 0.313 e. The lowest BCUT2D eigenvalue weighted by atomic mass is 10.3. The van der Waals surface area contributed by atoms with Crippen molar-refractivity contribution < 1.29 is 14.6 Å². The number of rotatable bonds is 6. The van der Waals surface area contributed by atoms with Crippen LogP contribution in [-0.2, 0) is 4.79 Å². The number of carboxylic acids is 1. The highest BCUT2D eigenvalue weighted by atomic mass is 32.2. The molecule has 1 aliphatic rings. The molecule has 0 bridgehead atoms. The fraction of sp³-hybridized carbons (Fsp3) is 0.357. The predicted molar refractivity (Wildman–Crippen MR) is 78.2 cm³/mol. The van der Waals surface area contributed by atoms with Gasteiger partial charge in [0.15, 0.2) is 5.16 Å². The standard InChI is InChI=1S/C14H15N3O3S/c1-20-11-4-2-3-10(7-11)17-13(9-5-6-9)15-16-14(17)21-8-12(18)19/h2-4,7,9H,5-6,8H2,1H3,(H,18,19). The van der Waals surface area contributed by atoms with Gasteiger partial charge >= 0.3 is 5.97 Å². The van der Waals surface area contributed by atoms with Gasteiger partial charge in [-0.1, -0.05) is 17.8 Å². The van der Waals surface area contributed by atoms with Gasteiger partial charge in [0.25, 0.3) is 0 Å². The van der Waals surface area contributed by atoms with Crippen LogP contribution < -0.4 is 4.74 Å². The lowest BCUT2D eigenvalue weighted by molar-refractivity contribution is -0.133. The van der Waals surface area contributed by atoms with Gasteiger partial charge in [0.05, 0.1) is 18.6 Å². The van der Waals surface area contributed by atoms with Gasteiger partial charge in [0.1, 0.15) is 11.6 Å². The second kappa shape index (κ2) is 5.77. The summed E-state index contributed by atoms with van der Waals surface area (Å²) in [7, 11) is 1.62. The molecular formula is C14H15N3O3S. The van der Waals surface area contributed by atoms with Crippen molar-refractivity contribution >= 4 is 17.7 Å². The SMILES string of the molecule is COc1cccc(-n2c(SCC(=O)O)nnc2C2CC2)c1. The molecular weight excluding hydrogens is 290 g/mol. The number of carboxylic acid groups (broad SMARTS) is 1. The molecule has 0 saturated heterocycles. The third kappa shape index (κ3) is 3.02. The molecule has 110 valence electrons. The molecule has 0 atom stereocenters. The number of hydrogen-bond donors (Lipinski definition) is 1. The first-order valence-electron chi connectivity index (χ1n) is 6.63. The Morgan fingerprint density at radius 2 is 2.29 bits per heavy atom. The summed E-state index contributed by atoms with van der Waals surface area (Å²) in [6, 6.07) is 7.62. The van der Waals surface area contributed by atoms with E-state index in [1.54, 1.807) is 7.11 Å². The first kappa shape index (κ1) is 13.9. The van der Waals surface area contributed by atoms with Crippen molar-refractivity contribution in [1.82, 2.24) is 14.8 Å². The maximum absolute atomic E-state index is 10.8. The molecule has 0 spiro atoms. The third-order valence-electron chi connectivity index (χ3n) is 3.24. The maximum atomic E-state index is 10.8. The summed E-state index contributed by atoms with van der Waals surface area (Å²) < 4.78 is 7.19. The Hall–Kier alpha value is -2.02. The Labute approximate surface area is 126 Å². The summed E-state index contributed by atoms with van der Waals surface area (Å²) in [6.07, 6.45) is 2.21. The number of nitrogens with zero attached hydrogens (tertiary/aromatic N) is 3. The monoisotopic (exact) mass is 305 g/mol. The zero-order valence-electron chi connectivity index (χ0n) is 11.5. The highest BCUT2D eigenvalue weighted by Gasteiger charge is 2.31. The minimum absolute atomic E-state index is 0.0350. The average molecular weight is 305 g/mol. The molecule has 0 radical (unpaired) electrons. The first-order chi connectivity index (χ1) is 10.2. The van der Waals surface area contributed by atoms with Crippen molar-refractivity contribution in [2.75, 3.05) is 12.9 Å². The molecule has 0 aliphatic heterocycles. The lowest BCUT2D eigenvalue weighted by Gasteiger charge is -2.10. The number of thioether (sulfide) groups is 1. The molecule has 1 N–H and O–H groups in total. The molecule has 1 aromatic carbocycles. The first-order valence-corrected chi connectivity index (χ1v) is 7.62. The Morgan fingerprint density at radius 1 is 1.48 bits per heavy atom. The van der Waals surface area contributed by atoms with E-state index in [2.05, 4.69) is 10.2 Å². The number of methoxy groups -OCH3 is 1. The number of benzene rings is 1. The highest BCUT2D eigenvalue weighted by Crippen LogP contribution is 2.41.